The summed E-state index contributed by atoms with van der Waals surface area (Å²) in [6, 6.07) is 16.1. The van der Waals surface area contributed by atoms with Crippen LogP contribution in [0.1, 0.15) is 44.7 Å². The Balaban J connectivity index is 1.99. The van der Waals surface area contributed by atoms with Crippen LogP contribution in [0.15, 0.2) is 48.7 Å². The molecule has 5 rings (SSSR count). The number of aryl methyl sites for hydroxylation is 1. The van der Waals surface area contributed by atoms with Crippen LogP contribution in [-0.4, -0.2) is 6.04 Å². The molecule has 1 saturated heterocycles. The predicted octanol–water partition coefficient (Wildman–Crippen LogP) is 3.69. The van der Waals surface area contributed by atoms with Crippen molar-refractivity contribution in [2.45, 2.75) is 50.6 Å². The minimum Gasteiger partial charge on any atom is -0.249 e. The lowest BCUT2D eigenvalue weighted by Gasteiger charge is -2.58. The van der Waals surface area contributed by atoms with Crippen LogP contribution in [0.4, 0.5) is 5.82 Å². The molecule has 3 atom stereocenters. The fourth-order valence-electron chi connectivity index (χ4n) is 4.84. The number of aromatic nitrogens is 1. The molecule has 114 valence electrons. The van der Waals surface area contributed by atoms with E-state index in [4.69, 9.17) is 0 Å². The Labute approximate surface area is 133 Å². The molecule has 2 aliphatic heterocycles. The number of piperidine rings is 1. The summed E-state index contributed by atoms with van der Waals surface area (Å²) < 4.78 is 2.26. The lowest BCUT2D eigenvalue weighted by molar-refractivity contribution is -0.659. The number of fused-ring (bicyclic) bond motifs is 2. The number of hydrogen-bond acceptors (Lipinski definition) is 1. The highest BCUT2D eigenvalue weighted by Gasteiger charge is 2.61. The molecular formula is C20H25N2+. The molecule has 0 N–H and O–H groups in total. The molecule has 1 aromatic heterocycles. The van der Waals surface area contributed by atoms with Gasteiger partial charge in [0.2, 0.25) is 0 Å². The third-order valence-corrected chi connectivity index (χ3v) is 6.37. The highest BCUT2D eigenvalue weighted by atomic mass is 15.3. The Morgan fingerprint density at radius 1 is 1.00 bits per heavy atom. The second-order valence-corrected chi connectivity index (χ2v) is 7.45. The summed E-state index contributed by atoms with van der Waals surface area (Å²) in [7, 11) is 2.15. The Bertz CT molecular complexity index is 738. The summed E-state index contributed by atoms with van der Waals surface area (Å²) in [5.41, 5.74) is 3.40. The van der Waals surface area contributed by atoms with E-state index in [9.17, 15) is 0 Å². The van der Waals surface area contributed by atoms with Gasteiger partial charge in [0.05, 0.1) is 13.2 Å². The van der Waals surface area contributed by atoms with E-state index in [0.29, 0.717) is 6.04 Å². The van der Waals surface area contributed by atoms with Gasteiger partial charge in [-0.25, -0.2) is 9.47 Å². The van der Waals surface area contributed by atoms with Crippen molar-refractivity contribution in [3.05, 3.63) is 59.8 Å². The van der Waals surface area contributed by atoms with Crippen LogP contribution in [0.5, 0.6) is 0 Å². The molecule has 2 nitrogen and oxygen atoms in total. The molecule has 0 amide bonds. The normalized spacial score (nSPS) is 32.9. The van der Waals surface area contributed by atoms with Crippen LogP contribution in [0.25, 0.3) is 0 Å². The molecule has 3 aliphatic rings. The zero-order valence-corrected chi connectivity index (χ0v) is 14.0. The van der Waals surface area contributed by atoms with Crippen molar-refractivity contribution < 1.29 is 4.57 Å². The van der Waals surface area contributed by atoms with Gasteiger partial charge in [0.25, 0.3) is 5.82 Å². The summed E-state index contributed by atoms with van der Waals surface area (Å²) in [5, 5.41) is 0. The Hall–Kier alpha value is -1.83. The number of rotatable bonds is 1. The number of hydrogen-bond donors (Lipinski definition) is 0. The zero-order chi connectivity index (χ0) is 15.5. The largest absolute Gasteiger partial charge is 0.277 e. The fourth-order valence-corrected chi connectivity index (χ4v) is 4.84. The van der Waals surface area contributed by atoms with Gasteiger partial charge < -0.3 is 0 Å². The number of pyridine rings is 1. The quantitative estimate of drug-likeness (QED) is 0.727. The molecule has 1 aromatic carbocycles. The van der Waals surface area contributed by atoms with E-state index >= 15 is 0 Å². The van der Waals surface area contributed by atoms with E-state index in [1.165, 1.54) is 24.2 Å². The number of nitrogens with zero attached hydrogens (tertiary/aromatic N) is 2. The zero-order valence-electron chi connectivity index (χ0n) is 14.0. The van der Waals surface area contributed by atoms with Crippen molar-refractivity contribution in [3.63, 3.8) is 0 Å². The molecule has 2 bridgehead atoms. The summed E-state index contributed by atoms with van der Waals surface area (Å²) >= 11 is 0. The first-order valence-electron chi connectivity index (χ1n) is 8.32. The van der Waals surface area contributed by atoms with E-state index in [2.05, 4.69) is 85.9 Å². The van der Waals surface area contributed by atoms with Gasteiger partial charge in [-0.3, -0.25) is 0 Å². The molecule has 3 unspecified atom stereocenters. The van der Waals surface area contributed by atoms with Crippen LogP contribution < -0.4 is 9.47 Å². The number of benzene rings is 1. The molecule has 1 aliphatic carbocycles. The SMILES string of the molecule is CC1N(c2cccc[n+]2C)C2(C)CCC1(C)c1ccccc12. The van der Waals surface area contributed by atoms with E-state index in [0.717, 1.165) is 0 Å². The van der Waals surface area contributed by atoms with Crippen molar-refractivity contribution in [2.75, 3.05) is 4.90 Å². The second-order valence-electron chi connectivity index (χ2n) is 7.45. The van der Waals surface area contributed by atoms with Crippen molar-refractivity contribution >= 4 is 5.82 Å². The summed E-state index contributed by atoms with van der Waals surface area (Å²) in [6.45, 7) is 7.28. The van der Waals surface area contributed by atoms with Crippen LogP contribution >= 0.6 is 0 Å². The van der Waals surface area contributed by atoms with Gasteiger partial charge in [0.15, 0.2) is 0 Å². The third kappa shape index (κ3) is 1.53. The van der Waals surface area contributed by atoms with Gasteiger partial charge in [-0.1, -0.05) is 37.3 Å². The van der Waals surface area contributed by atoms with E-state index in [1.54, 1.807) is 5.56 Å². The van der Waals surface area contributed by atoms with Gasteiger partial charge in [0, 0.05) is 17.0 Å². The van der Waals surface area contributed by atoms with Gasteiger partial charge in [0.1, 0.15) is 11.6 Å². The van der Waals surface area contributed by atoms with Crippen molar-refractivity contribution in [3.8, 4) is 0 Å². The predicted molar refractivity (Wildman–Crippen MR) is 89.9 cm³/mol. The second kappa shape index (κ2) is 4.34. The van der Waals surface area contributed by atoms with Crippen LogP contribution in [0, 0.1) is 0 Å². The van der Waals surface area contributed by atoms with Gasteiger partial charge in [-0.2, -0.15) is 0 Å². The van der Waals surface area contributed by atoms with Crippen LogP contribution in [0.2, 0.25) is 0 Å². The Morgan fingerprint density at radius 3 is 2.41 bits per heavy atom. The maximum absolute atomic E-state index is 2.67. The summed E-state index contributed by atoms with van der Waals surface area (Å²) in [6.07, 6.45) is 4.65. The molecule has 0 radical (unpaired) electrons. The summed E-state index contributed by atoms with van der Waals surface area (Å²) in [4.78, 5) is 2.67. The average molecular weight is 293 g/mol. The minimum atomic E-state index is 0.0902. The molecular weight excluding hydrogens is 268 g/mol. The highest BCUT2D eigenvalue weighted by molar-refractivity contribution is 5.56. The lowest BCUT2D eigenvalue weighted by Crippen LogP contribution is -2.67. The standard InChI is InChI=1S/C20H25N2/c1-15-19(2)12-13-20(3,17-10-6-5-9-16(17)19)22(15)18-11-7-8-14-21(18)4/h5-11,14-15H,12-13H2,1-4H3/q+1. The Morgan fingerprint density at radius 2 is 1.68 bits per heavy atom. The van der Waals surface area contributed by atoms with Crippen molar-refractivity contribution in [2.24, 2.45) is 7.05 Å². The minimum absolute atomic E-state index is 0.0902. The monoisotopic (exact) mass is 293 g/mol. The average Bonchev–Trinajstić information content (AvgIpc) is 2.52. The number of anilines is 1. The lowest BCUT2D eigenvalue weighted by atomic mass is 9.56. The fraction of sp³-hybridized carbons (Fsp3) is 0.450. The topological polar surface area (TPSA) is 7.12 Å². The summed E-state index contributed by atoms with van der Waals surface area (Å²) in [5.74, 6) is 1.32. The maximum atomic E-state index is 2.67. The van der Waals surface area contributed by atoms with Gasteiger partial charge >= 0.3 is 0 Å². The molecule has 0 saturated carbocycles. The van der Waals surface area contributed by atoms with Crippen LogP contribution in [-0.2, 0) is 18.0 Å². The van der Waals surface area contributed by atoms with Crippen LogP contribution in [0.3, 0.4) is 0 Å². The smallest absolute Gasteiger partial charge is 0.249 e. The van der Waals surface area contributed by atoms with E-state index in [1.807, 2.05) is 0 Å². The maximum Gasteiger partial charge on any atom is 0.277 e. The third-order valence-electron chi connectivity index (χ3n) is 6.37. The molecule has 2 heteroatoms. The first-order chi connectivity index (χ1) is 10.5. The van der Waals surface area contributed by atoms with E-state index < -0.39 is 0 Å². The molecule has 22 heavy (non-hydrogen) atoms. The molecule has 3 heterocycles. The highest BCUT2D eigenvalue weighted by Crippen LogP contribution is 2.57. The van der Waals surface area contributed by atoms with E-state index in [-0.39, 0.29) is 11.0 Å². The van der Waals surface area contributed by atoms with Crippen molar-refractivity contribution in [1.82, 2.24) is 0 Å². The van der Waals surface area contributed by atoms with Gasteiger partial charge in [-0.05, 0) is 38.3 Å². The Kier molecular flexibility index (Phi) is 2.73. The molecule has 2 aromatic rings. The molecule has 1 fully saturated rings. The van der Waals surface area contributed by atoms with Gasteiger partial charge in [-0.15, -0.1) is 0 Å². The first kappa shape index (κ1) is 13.8. The molecule has 0 spiro atoms. The first-order valence-corrected chi connectivity index (χ1v) is 8.32. The van der Waals surface area contributed by atoms with Crippen molar-refractivity contribution in [1.29, 1.82) is 0 Å².